The second kappa shape index (κ2) is 6.05. The Balaban J connectivity index is 1.38. The zero-order valence-electron chi connectivity index (χ0n) is 13.4. The number of aryl methyl sites for hydroxylation is 2. The Kier molecular flexibility index (Phi) is 3.72. The van der Waals surface area contributed by atoms with Crippen LogP contribution in [0.4, 0.5) is 0 Å². The molecule has 25 heavy (non-hydrogen) atoms. The maximum absolute atomic E-state index is 12.1. The highest BCUT2D eigenvalue weighted by atomic mass is 16.7. The van der Waals surface area contributed by atoms with Crippen LogP contribution >= 0.6 is 0 Å². The fourth-order valence-electron chi connectivity index (χ4n) is 3.16. The van der Waals surface area contributed by atoms with Crippen molar-refractivity contribution in [3.8, 4) is 5.75 Å². The smallest absolute Gasteiger partial charge is 0.370 e. The number of carbonyl (C=O) groups is 3. The zero-order valence-corrected chi connectivity index (χ0v) is 13.4. The molecule has 0 saturated heterocycles. The minimum absolute atomic E-state index is 0.222. The Morgan fingerprint density at radius 2 is 1.64 bits per heavy atom. The van der Waals surface area contributed by atoms with Crippen molar-refractivity contribution in [1.29, 1.82) is 0 Å². The predicted molar refractivity (Wildman–Crippen MR) is 87.0 cm³/mol. The average molecular weight is 337 g/mol. The lowest BCUT2D eigenvalue weighted by molar-refractivity contribution is -0.170. The first-order valence-electron chi connectivity index (χ1n) is 8.07. The summed E-state index contributed by atoms with van der Waals surface area (Å²) in [7, 11) is 0. The number of amides is 2. The molecule has 0 aromatic heterocycles. The van der Waals surface area contributed by atoms with Crippen molar-refractivity contribution in [3.63, 3.8) is 0 Å². The fourth-order valence-corrected chi connectivity index (χ4v) is 3.16. The summed E-state index contributed by atoms with van der Waals surface area (Å²) in [6.07, 6.45) is 3.20. The van der Waals surface area contributed by atoms with Crippen LogP contribution in [-0.2, 0) is 22.5 Å². The van der Waals surface area contributed by atoms with Gasteiger partial charge in [-0.25, -0.2) is 4.79 Å². The van der Waals surface area contributed by atoms with Crippen LogP contribution in [0.2, 0.25) is 0 Å². The average Bonchev–Trinajstić information content (AvgIpc) is 3.19. The zero-order chi connectivity index (χ0) is 17.4. The number of rotatable bonds is 4. The molecular formula is C19H15NO5. The number of carbonyl (C=O) groups excluding carboxylic acids is 3. The molecule has 0 saturated carbocycles. The lowest BCUT2D eigenvalue weighted by atomic mass is 10.1. The number of ether oxygens (including phenoxy) is 1. The van der Waals surface area contributed by atoms with Gasteiger partial charge in [0, 0.05) is 0 Å². The predicted octanol–water partition coefficient (Wildman–Crippen LogP) is 2.31. The Morgan fingerprint density at radius 1 is 0.960 bits per heavy atom. The molecule has 0 unspecified atom stereocenters. The summed E-state index contributed by atoms with van der Waals surface area (Å²) in [4.78, 5) is 41.1. The molecule has 0 radical (unpaired) electrons. The maximum atomic E-state index is 12.1. The molecular weight excluding hydrogens is 322 g/mol. The highest BCUT2D eigenvalue weighted by Crippen LogP contribution is 2.26. The van der Waals surface area contributed by atoms with Crippen LogP contribution in [0, 0.1) is 0 Å². The molecule has 1 heterocycles. The van der Waals surface area contributed by atoms with Gasteiger partial charge in [-0.3, -0.25) is 9.59 Å². The van der Waals surface area contributed by atoms with Crippen molar-refractivity contribution in [2.45, 2.75) is 19.3 Å². The van der Waals surface area contributed by atoms with Crippen molar-refractivity contribution in [2.24, 2.45) is 0 Å². The highest BCUT2D eigenvalue weighted by molar-refractivity contribution is 6.20. The van der Waals surface area contributed by atoms with Gasteiger partial charge in [0.05, 0.1) is 11.1 Å². The second-order valence-electron chi connectivity index (χ2n) is 5.99. The van der Waals surface area contributed by atoms with Gasteiger partial charge in [0.2, 0.25) is 0 Å². The van der Waals surface area contributed by atoms with E-state index < -0.39 is 17.8 Å². The fraction of sp³-hybridized carbons (Fsp3) is 0.211. The molecule has 126 valence electrons. The van der Waals surface area contributed by atoms with Crippen LogP contribution in [0.5, 0.6) is 5.75 Å². The minimum Gasteiger partial charge on any atom is -0.482 e. The quantitative estimate of drug-likeness (QED) is 0.801. The second-order valence-corrected chi connectivity index (χ2v) is 5.99. The first kappa shape index (κ1) is 15.4. The molecule has 6 heteroatoms. The number of hydrogen-bond acceptors (Lipinski definition) is 5. The van der Waals surface area contributed by atoms with E-state index in [1.54, 1.807) is 18.2 Å². The third-order valence-corrected chi connectivity index (χ3v) is 4.38. The normalized spacial score (nSPS) is 15.1. The summed E-state index contributed by atoms with van der Waals surface area (Å²) in [5.41, 5.74) is 2.98. The molecule has 0 spiro atoms. The Labute approximate surface area is 143 Å². The van der Waals surface area contributed by atoms with Crippen molar-refractivity contribution in [1.82, 2.24) is 5.06 Å². The summed E-state index contributed by atoms with van der Waals surface area (Å²) in [6.45, 7) is -0.383. The molecule has 2 amide bonds. The SMILES string of the molecule is O=C(COc1ccc2c(c1)CCC2)ON1C(=O)c2ccccc2C1=O. The van der Waals surface area contributed by atoms with Crippen LogP contribution in [0.1, 0.15) is 38.3 Å². The van der Waals surface area contributed by atoms with Crippen molar-refractivity contribution < 1.29 is 24.0 Å². The van der Waals surface area contributed by atoms with E-state index in [2.05, 4.69) is 0 Å². The molecule has 1 aliphatic carbocycles. The molecule has 0 atom stereocenters. The van der Waals surface area contributed by atoms with Gasteiger partial charge in [-0.05, 0) is 54.7 Å². The minimum atomic E-state index is -0.810. The first-order chi connectivity index (χ1) is 12.1. The molecule has 0 fully saturated rings. The van der Waals surface area contributed by atoms with Crippen LogP contribution < -0.4 is 4.74 Å². The van der Waals surface area contributed by atoms with E-state index in [0.29, 0.717) is 10.8 Å². The molecule has 2 aliphatic rings. The Morgan fingerprint density at radius 3 is 2.36 bits per heavy atom. The molecule has 2 aromatic carbocycles. The Hall–Kier alpha value is -3.15. The van der Waals surface area contributed by atoms with E-state index in [0.717, 1.165) is 19.3 Å². The molecule has 6 nitrogen and oxygen atoms in total. The third kappa shape index (κ3) is 2.76. The van der Waals surface area contributed by atoms with Crippen LogP contribution in [0.15, 0.2) is 42.5 Å². The van der Waals surface area contributed by atoms with Crippen LogP contribution in [0.25, 0.3) is 0 Å². The molecule has 1 aliphatic heterocycles. The van der Waals surface area contributed by atoms with E-state index >= 15 is 0 Å². The van der Waals surface area contributed by atoms with Gasteiger partial charge in [0.25, 0.3) is 11.8 Å². The highest BCUT2D eigenvalue weighted by Gasteiger charge is 2.38. The summed E-state index contributed by atoms with van der Waals surface area (Å²) < 4.78 is 5.43. The lowest BCUT2D eigenvalue weighted by Gasteiger charge is -2.13. The molecule has 4 rings (SSSR count). The first-order valence-corrected chi connectivity index (χ1v) is 8.07. The van der Waals surface area contributed by atoms with Gasteiger partial charge >= 0.3 is 5.97 Å². The van der Waals surface area contributed by atoms with Crippen molar-refractivity contribution in [3.05, 3.63) is 64.7 Å². The number of hydroxylamine groups is 2. The number of imide groups is 1. The van der Waals surface area contributed by atoms with E-state index in [4.69, 9.17) is 9.57 Å². The summed E-state index contributed by atoms with van der Waals surface area (Å²) in [5, 5.41) is 0.485. The molecule has 2 aromatic rings. The largest absolute Gasteiger partial charge is 0.482 e. The Bertz CT molecular complexity index is 854. The monoisotopic (exact) mass is 337 g/mol. The summed E-state index contributed by atoms with van der Waals surface area (Å²) >= 11 is 0. The van der Waals surface area contributed by atoms with Gasteiger partial charge in [0.15, 0.2) is 6.61 Å². The van der Waals surface area contributed by atoms with E-state index in [1.807, 2.05) is 12.1 Å². The number of fused-ring (bicyclic) bond motifs is 2. The van der Waals surface area contributed by atoms with E-state index in [9.17, 15) is 14.4 Å². The van der Waals surface area contributed by atoms with Gasteiger partial charge in [-0.2, -0.15) is 0 Å². The van der Waals surface area contributed by atoms with Gasteiger partial charge in [-0.15, -0.1) is 0 Å². The molecule has 0 bridgehead atoms. The van der Waals surface area contributed by atoms with Gasteiger partial charge < -0.3 is 9.57 Å². The van der Waals surface area contributed by atoms with Crippen LogP contribution in [0.3, 0.4) is 0 Å². The number of hydrogen-bond donors (Lipinski definition) is 0. The van der Waals surface area contributed by atoms with Crippen molar-refractivity contribution >= 4 is 17.8 Å². The topological polar surface area (TPSA) is 72.9 Å². The number of nitrogens with zero attached hydrogens (tertiary/aromatic N) is 1. The summed E-state index contributed by atoms with van der Waals surface area (Å²) in [6, 6.07) is 12.0. The maximum Gasteiger partial charge on any atom is 0.370 e. The number of benzene rings is 2. The van der Waals surface area contributed by atoms with Gasteiger partial charge in [-0.1, -0.05) is 23.3 Å². The van der Waals surface area contributed by atoms with Crippen molar-refractivity contribution in [2.75, 3.05) is 6.61 Å². The standard InChI is InChI=1S/C19H15NO5/c21-17(11-24-14-9-8-12-4-3-5-13(12)10-14)25-20-18(22)15-6-1-2-7-16(15)19(20)23/h1-2,6-10H,3-5,11H2. The summed E-state index contributed by atoms with van der Waals surface area (Å²) in [5.74, 6) is -1.53. The lowest BCUT2D eigenvalue weighted by Crippen LogP contribution is -2.34. The van der Waals surface area contributed by atoms with E-state index in [1.165, 1.54) is 23.3 Å². The van der Waals surface area contributed by atoms with Gasteiger partial charge in [0.1, 0.15) is 5.75 Å². The molecule has 0 N–H and O–H groups in total. The van der Waals surface area contributed by atoms with Crippen LogP contribution in [-0.4, -0.2) is 29.5 Å². The third-order valence-electron chi connectivity index (χ3n) is 4.38. The van der Waals surface area contributed by atoms with E-state index in [-0.39, 0.29) is 17.7 Å².